The van der Waals surface area contributed by atoms with E-state index in [0.717, 1.165) is 0 Å². The lowest BCUT2D eigenvalue weighted by molar-refractivity contribution is 0.331. The van der Waals surface area contributed by atoms with Gasteiger partial charge in [0.25, 0.3) is 0 Å². The molecule has 2 aromatic carbocycles. The Morgan fingerprint density at radius 2 is 1.11 bits per heavy atom. The monoisotopic (exact) mass is 362 g/mol. The molecule has 2 aliphatic rings. The van der Waals surface area contributed by atoms with E-state index in [1.807, 2.05) is 13.8 Å². The summed E-state index contributed by atoms with van der Waals surface area (Å²) >= 11 is 0. The summed E-state index contributed by atoms with van der Waals surface area (Å²) in [7, 11) is 0. The first-order chi connectivity index (χ1) is 12.7. The van der Waals surface area contributed by atoms with Crippen LogP contribution in [0.3, 0.4) is 0 Å². The van der Waals surface area contributed by atoms with Gasteiger partial charge in [-0.05, 0) is 78.2 Å². The predicted molar refractivity (Wildman–Crippen MR) is 119 cm³/mol. The van der Waals surface area contributed by atoms with Crippen molar-refractivity contribution >= 4 is 0 Å². The fourth-order valence-corrected chi connectivity index (χ4v) is 4.95. The van der Waals surface area contributed by atoms with E-state index in [1.165, 1.54) is 42.4 Å². The van der Waals surface area contributed by atoms with E-state index in [-0.39, 0.29) is 10.8 Å². The van der Waals surface area contributed by atoms with Crippen LogP contribution in [-0.4, -0.2) is 0 Å². The van der Waals surface area contributed by atoms with Crippen LogP contribution in [0, 0.1) is 13.8 Å². The molecular formula is C27H38. The fourth-order valence-electron chi connectivity index (χ4n) is 4.95. The molecule has 0 radical (unpaired) electrons. The van der Waals surface area contributed by atoms with Gasteiger partial charge < -0.3 is 0 Å². The standard InChI is InChI=1S/C25H32.C2H6/c1-17-7-9-19(10-8-17)25(13-14-25)20-16-22-21(15-18(20)2)23(3,4)11-12-24(22,5)6;1-2/h7-10,15-16H,11-14H2,1-6H3;1-2H3. The third-order valence-corrected chi connectivity index (χ3v) is 7.07. The van der Waals surface area contributed by atoms with Crippen LogP contribution in [0.4, 0.5) is 0 Å². The predicted octanol–water partition coefficient (Wildman–Crippen LogP) is 7.76. The van der Waals surface area contributed by atoms with E-state index in [9.17, 15) is 0 Å². The quantitative estimate of drug-likeness (QED) is 0.512. The molecule has 0 atom stereocenters. The molecule has 146 valence electrons. The first-order valence-electron chi connectivity index (χ1n) is 10.9. The van der Waals surface area contributed by atoms with E-state index in [2.05, 4.69) is 77.9 Å². The second-order valence-corrected chi connectivity index (χ2v) is 9.93. The summed E-state index contributed by atoms with van der Waals surface area (Å²) in [5.74, 6) is 0. The number of rotatable bonds is 2. The normalized spacial score (nSPS) is 20.9. The molecule has 0 bridgehead atoms. The van der Waals surface area contributed by atoms with Gasteiger partial charge in [-0.15, -0.1) is 0 Å². The van der Waals surface area contributed by atoms with Crippen LogP contribution in [-0.2, 0) is 16.2 Å². The van der Waals surface area contributed by atoms with Crippen molar-refractivity contribution in [2.45, 2.75) is 97.3 Å². The van der Waals surface area contributed by atoms with Crippen LogP contribution < -0.4 is 0 Å². The van der Waals surface area contributed by atoms with Crippen LogP contribution in [0.15, 0.2) is 36.4 Å². The highest BCUT2D eigenvalue weighted by molar-refractivity contribution is 5.55. The van der Waals surface area contributed by atoms with Crippen molar-refractivity contribution < 1.29 is 0 Å². The molecule has 0 N–H and O–H groups in total. The first kappa shape index (κ1) is 20.2. The molecule has 2 aromatic rings. The van der Waals surface area contributed by atoms with Crippen molar-refractivity contribution in [1.29, 1.82) is 0 Å². The minimum atomic E-state index is 0.268. The van der Waals surface area contributed by atoms with Gasteiger partial charge in [-0.25, -0.2) is 0 Å². The van der Waals surface area contributed by atoms with Crippen molar-refractivity contribution in [1.82, 2.24) is 0 Å². The summed E-state index contributed by atoms with van der Waals surface area (Å²) in [4.78, 5) is 0. The molecule has 0 amide bonds. The first-order valence-corrected chi connectivity index (χ1v) is 10.9. The maximum Gasteiger partial charge on any atom is 0.0206 e. The molecule has 1 fully saturated rings. The van der Waals surface area contributed by atoms with Crippen molar-refractivity contribution in [2.24, 2.45) is 0 Å². The number of hydrogen-bond donors (Lipinski definition) is 0. The Labute approximate surface area is 167 Å². The maximum atomic E-state index is 2.60. The van der Waals surface area contributed by atoms with Crippen LogP contribution >= 0.6 is 0 Å². The second kappa shape index (κ2) is 6.80. The number of fused-ring (bicyclic) bond motifs is 1. The Bertz CT molecular complexity index is 814. The van der Waals surface area contributed by atoms with E-state index in [0.29, 0.717) is 5.41 Å². The molecule has 0 aliphatic heterocycles. The summed E-state index contributed by atoms with van der Waals surface area (Å²) in [5.41, 5.74) is 9.98. The molecular weight excluding hydrogens is 324 g/mol. The van der Waals surface area contributed by atoms with E-state index in [4.69, 9.17) is 0 Å². The van der Waals surface area contributed by atoms with Crippen molar-refractivity contribution in [3.8, 4) is 0 Å². The molecule has 0 heterocycles. The summed E-state index contributed by atoms with van der Waals surface area (Å²) in [6.45, 7) is 18.2. The summed E-state index contributed by atoms with van der Waals surface area (Å²) < 4.78 is 0. The molecule has 0 heteroatoms. The Morgan fingerprint density at radius 1 is 0.630 bits per heavy atom. The lowest BCUT2D eigenvalue weighted by atomic mass is 9.62. The lowest BCUT2D eigenvalue weighted by Crippen LogP contribution is -2.34. The fraction of sp³-hybridized carbons (Fsp3) is 0.556. The van der Waals surface area contributed by atoms with E-state index >= 15 is 0 Å². The maximum absolute atomic E-state index is 2.60. The number of hydrogen-bond acceptors (Lipinski definition) is 0. The van der Waals surface area contributed by atoms with Crippen molar-refractivity contribution in [3.05, 3.63) is 69.8 Å². The molecule has 4 rings (SSSR count). The van der Waals surface area contributed by atoms with Crippen molar-refractivity contribution in [3.63, 3.8) is 0 Å². The summed E-state index contributed by atoms with van der Waals surface area (Å²) in [6, 6.07) is 14.4. The van der Waals surface area contributed by atoms with Crippen LogP contribution in [0.1, 0.15) is 101 Å². The largest absolute Gasteiger partial charge is 0.0683 e. The van der Waals surface area contributed by atoms with Crippen LogP contribution in [0.25, 0.3) is 0 Å². The minimum absolute atomic E-state index is 0.268. The zero-order valence-electron chi connectivity index (χ0n) is 18.8. The third-order valence-electron chi connectivity index (χ3n) is 7.07. The molecule has 2 aliphatic carbocycles. The summed E-state index contributed by atoms with van der Waals surface area (Å²) in [6.07, 6.45) is 5.15. The Morgan fingerprint density at radius 3 is 1.59 bits per heavy atom. The Kier molecular flexibility index (Phi) is 5.08. The lowest BCUT2D eigenvalue weighted by Gasteiger charge is -2.43. The number of benzene rings is 2. The zero-order chi connectivity index (χ0) is 20.0. The van der Waals surface area contributed by atoms with Gasteiger partial charge in [0.2, 0.25) is 0 Å². The SMILES string of the molecule is CC.Cc1ccc(C2(c3cc4c(cc3C)C(C)(C)CCC4(C)C)CC2)cc1. The highest BCUT2D eigenvalue weighted by Gasteiger charge is 2.48. The van der Waals surface area contributed by atoms with Gasteiger partial charge in [-0.1, -0.05) is 83.5 Å². The van der Waals surface area contributed by atoms with Gasteiger partial charge in [-0.2, -0.15) is 0 Å². The van der Waals surface area contributed by atoms with Gasteiger partial charge in [0.05, 0.1) is 0 Å². The second-order valence-electron chi connectivity index (χ2n) is 9.93. The highest BCUT2D eigenvalue weighted by atomic mass is 14.5. The van der Waals surface area contributed by atoms with Gasteiger partial charge in [0.1, 0.15) is 0 Å². The van der Waals surface area contributed by atoms with E-state index < -0.39 is 0 Å². The summed E-state index contributed by atoms with van der Waals surface area (Å²) in [5, 5.41) is 0. The van der Waals surface area contributed by atoms with Crippen molar-refractivity contribution in [2.75, 3.05) is 0 Å². The molecule has 0 spiro atoms. The van der Waals surface area contributed by atoms with E-state index in [1.54, 1.807) is 16.7 Å². The topological polar surface area (TPSA) is 0 Å². The van der Waals surface area contributed by atoms with Crippen LogP contribution in [0.2, 0.25) is 0 Å². The Balaban J connectivity index is 0.00000102. The average Bonchev–Trinajstić information content (AvgIpc) is 3.43. The number of aryl methyl sites for hydroxylation is 2. The third kappa shape index (κ3) is 3.37. The molecule has 27 heavy (non-hydrogen) atoms. The van der Waals surface area contributed by atoms with Gasteiger partial charge >= 0.3 is 0 Å². The molecule has 0 nitrogen and oxygen atoms in total. The highest BCUT2D eigenvalue weighted by Crippen LogP contribution is 2.56. The van der Waals surface area contributed by atoms with Crippen LogP contribution in [0.5, 0.6) is 0 Å². The van der Waals surface area contributed by atoms with Gasteiger partial charge in [0.15, 0.2) is 0 Å². The Hall–Kier alpha value is -1.56. The molecule has 0 saturated heterocycles. The van der Waals surface area contributed by atoms with Gasteiger partial charge in [0, 0.05) is 5.41 Å². The van der Waals surface area contributed by atoms with Gasteiger partial charge in [-0.3, -0.25) is 0 Å². The molecule has 1 saturated carbocycles. The molecule has 0 unspecified atom stereocenters. The zero-order valence-corrected chi connectivity index (χ0v) is 18.8. The molecule has 0 aromatic heterocycles. The average molecular weight is 363 g/mol. The smallest absolute Gasteiger partial charge is 0.0206 e. The minimum Gasteiger partial charge on any atom is -0.0683 e.